The average Bonchev–Trinajstić information content (AvgIpc) is 2.70. The molecule has 0 atom stereocenters. The highest BCUT2D eigenvalue weighted by Gasteiger charge is 2.12. The number of benzene rings is 1. The van der Waals surface area contributed by atoms with Crippen LogP contribution in [-0.4, -0.2) is 14.8 Å². The van der Waals surface area contributed by atoms with Crippen molar-refractivity contribution in [1.29, 1.82) is 0 Å². The van der Waals surface area contributed by atoms with Crippen molar-refractivity contribution in [3.8, 4) is 0 Å². The van der Waals surface area contributed by atoms with E-state index in [0.29, 0.717) is 11.4 Å². The second kappa shape index (κ2) is 3.95. The van der Waals surface area contributed by atoms with E-state index < -0.39 is 0 Å². The first-order valence-corrected chi connectivity index (χ1v) is 6.47. The molecule has 4 heteroatoms. The van der Waals surface area contributed by atoms with Crippen molar-refractivity contribution < 1.29 is 0 Å². The number of pyridine rings is 1. The van der Waals surface area contributed by atoms with Crippen LogP contribution in [0.15, 0.2) is 23.1 Å². The summed E-state index contributed by atoms with van der Waals surface area (Å²) in [5.41, 5.74) is 4.78. The summed E-state index contributed by atoms with van der Waals surface area (Å²) in [6.45, 7) is 6.37. The standard InChI is InChI=1S/C15H17N3O/c1-8(2)10-6-11-12(5-9(10)3)17-13-7-16-18(4)14(13)15(11)19/h5-8H,1-4H3,(H,17,19). The first-order chi connectivity index (χ1) is 8.99. The Kier molecular flexibility index (Phi) is 2.49. The summed E-state index contributed by atoms with van der Waals surface area (Å²) in [4.78, 5) is 15.9. The van der Waals surface area contributed by atoms with Crippen LogP contribution in [0.1, 0.15) is 30.9 Å². The zero-order valence-corrected chi connectivity index (χ0v) is 11.6. The Morgan fingerprint density at radius 1 is 1.26 bits per heavy atom. The number of nitrogens with one attached hydrogen (secondary N) is 1. The van der Waals surface area contributed by atoms with Gasteiger partial charge < -0.3 is 4.98 Å². The second-order valence-electron chi connectivity index (χ2n) is 5.39. The minimum Gasteiger partial charge on any atom is -0.352 e. The molecule has 2 heterocycles. The van der Waals surface area contributed by atoms with E-state index in [-0.39, 0.29) is 5.43 Å². The molecule has 0 aliphatic heterocycles. The van der Waals surface area contributed by atoms with Crippen LogP contribution in [0.4, 0.5) is 0 Å². The van der Waals surface area contributed by atoms with E-state index in [4.69, 9.17) is 0 Å². The molecule has 1 N–H and O–H groups in total. The van der Waals surface area contributed by atoms with Gasteiger partial charge in [0.2, 0.25) is 5.43 Å². The van der Waals surface area contributed by atoms with E-state index >= 15 is 0 Å². The summed E-state index contributed by atoms with van der Waals surface area (Å²) < 4.78 is 1.63. The van der Waals surface area contributed by atoms with Crippen molar-refractivity contribution >= 4 is 21.9 Å². The smallest absolute Gasteiger partial charge is 0.215 e. The van der Waals surface area contributed by atoms with E-state index in [2.05, 4.69) is 36.9 Å². The zero-order valence-electron chi connectivity index (χ0n) is 11.6. The Labute approximate surface area is 111 Å². The number of hydrogen-bond acceptors (Lipinski definition) is 2. The van der Waals surface area contributed by atoms with Crippen LogP contribution in [0, 0.1) is 6.92 Å². The summed E-state index contributed by atoms with van der Waals surface area (Å²) in [6, 6.07) is 4.07. The molecule has 19 heavy (non-hydrogen) atoms. The van der Waals surface area contributed by atoms with Gasteiger partial charge in [-0.05, 0) is 36.1 Å². The predicted molar refractivity (Wildman–Crippen MR) is 77.7 cm³/mol. The van der Waals surface area contributed by atoms with E-state index in [0.717, 1.165) is 16.4 Å². The van der Waals surface area contributed by atoms with Crippen LogP contribution in [0.3, 0.4) is 0 Å². The van der Waals surface area contributed by atoms with Crippen LogP contribution in [0.2, 0.25) is 0 Å². The molecule has 1 aromatic carbocycles. The lowest BCUT2D eigenvalue weighted by molar-refractivity contribution is 0.795. The number of rotatable bonds is 1. The van der Waals surface area contributed by atoms with Gasteiger partial charge in [-0.1, -0.05) is 13.8 Å². The van der Waals surface area contributed by atoms with Crippen molar-refractivity contribution in [1.82, 2.24) is 14.8 Å². The lowest BCUT2D eigenvalue weighted by Gasteiger charge is -2.11. The van der Waals surface area contributed by atoms with Crippen molar-refractivity contribution in [3.63, 3.8) is 0 Å². The van der Waals surface area contributed by atoms with Gasteiger partial charge in [-0.3, -0.25) is 9.48 Å². The number of nitrogens with zero attached hydrogens (tertiary/aromatic N) is 2. The molecule has 0 bridgehead atoms. The Hall–Kier alpha value is -2.10. The molecule has 4 nitrogen and oxygen atoms in total. The molecule has 0 saturated carbocycles. The number of fused-ring (bicyclic) bond motifs is 2. The average molecular weight is 255 g/mol. The first kappa shape index (κ1) is 12.0. The Morgan fingerprint density at radius 3 is 2.68 bits per heavy atom. The maximum atomic E-state index is 12.6. The molecule has 0 amide bonds. The molecular formula is C15H17N3O. The molecule has 3 rings (SSSR count). The van der Waals surface area contributed by atoms with E-state index in [1.165, 1.54) is 11.1 Å². The fourth-order valence-corrected chi connectivity index (χ4v) is 2.71. The summed E-state index contributed by atoms with van der Waals surface area (Å²) in [5.74, 6) is 0.408. The molecule has 0 fully saturated rings. The highest BCUT2D eigenvalue weighted by molar-refractivity contribution is 5.91. The first-order valence-electron chi connectivity index (χ1n) is 6.47. The third kappa shape index (κ3) is 1.67. The maximum absolute atomic E-state index is 12.6. The van der Waals surface area contributed by atoms with Crippen molar-refractivity contribution in [3.05, 3.63) is 39.7 Å². The minimum absolute atomic E-state index is 0.0469. The topological polar surface area (TPSA) is 50.7 Å². The third-order valence-electron chi connectivity index (χ3n) is 3.70. The molecule has 0 unspecified atom stereocenters. The van der Waals surface area contributed by atoms with Crippen LogP contribution in [-0.2, 0) is 7.05 Å². The Bertz CT molecular complexity index is 840. The van der Waals surface area contributed by atoms with Gasteiger partial charge in [-0.15, -0.1) is 0 Å². The second-order valence-corrected chi connectivity index (χ2v) is 5.39. The summed E-state index contributed by atoms with van der Waals surface area (Å²) >= 11 is 0. The molecule has 0 saturated heterocycles. The Balaban J connectivity index is 2.51. The molecule has 3 aromatic rings. The fraction of sp³-hybridized carbons (Fsp3) is 0.333. The third-order valence-corrected chi connectivity index (χ3v) is 3.70. The van der Waals surface area contributed by atoms with Gasteiger partial charge >= 0.3 is 0 Å². The Morgan fingerprint density at radius 2 is 2.00 bits per heavy atom. The largest absolute Gasteiger partial charge is 0.352 e. The van der Waals surface area contributed by atoms with Crippen molar-refractivity contribution in [2.75, 3.05) is 0 Å². The molecular weight excluding hydrogens is 238 g/mol. The van der Waals surface area contributed by atoms with Gasteiger partial charge in [-0.2, -0.15) is 5.10 Å². The summed E-state index contributed by atoms with van der Waals surface area (Å²) in [5, 5.41) is 4.89. The van der Waals surface area contributed by atoms with E-state index in [9.17, 15) is 4.79 Å². The minimum atomic E-state index is 0.0469. The zero-order chi connectivity index (χ0) is 13.7. The fourth-order valence-electron chi connectivity index (χ4n) is 2.71. The van der Waals surface area contributed by atoms with Gasteiger partial charge in [0.1, 0.15) is 5.52 Å². The van der Waals surface area contributed by atoms with Crippen LogP contribution in [0.25, 0.3) is 21.9 Å². The molecule has 0 aliphatic rings. The van der Waals surface area contributed by atoms with Gasteiger partial charge in [0.15, 0.2) is 0 Å². The van der Waals surface area contributed by atoms with Crippen molar-refractivity contribution in [2.24, 2.45) is 7.05 Å². The summed E-state index contributed by atoms with van der Waals surface area (Å²) in [7, 11) is 1.79. The number of aryl methyl sites for hydroxylation is 2. The van der Waals surface area contributed by atoms with Crippen molar-refractivity contribution in [2.45, 2.75) is 26.7 Å². The molecule has 98 valence electrons. The van der Waals surface area contributed by atoms with Crippen LogP contribution >= 0.6 is 0 Å². The van der Waals surface area contributed by atoms with Crippen LogP contribution in [0.5, 0.6) is 0 Å². The van der Waals surface area contributed by atoms with Gasteiger partial charge in [0, 0.05) is 12.4 Å². The summed E-state index contributed by atoms with van der Waals surface area (Å²) in [6.07, 6.45) is 1.70. The van der Waals surface area contributed by atoms with E-state index in [1.54, 1.807) is 17.9 Å². The monoisotopic (exact) mass is 255 g/mol. The normalized spacial score (nSPS) is 11.8. The van der Waals surface area contributed by atoms with Gasteiger partial charge in [-0.25, -0.2) is 0 Å². The number of hydrogen-bond donors (Lipinski definition) is 1. The number of H-pyrrole nitrogens is 1. The number of aromatic nitrogens is 3. The van der Waals surface area contributed by atoms with Gasteiger partial charge in [0.25, 0.3) is 0 Å². The molecule has 2 aromatic heterocycles. The predicted octanol–water partition coefficient (Wildman–Crippen LogP) is 2.85. The van der Waals surface area contributed by atoms with E-state index in [1.807, 2.05) is 6.07 Å². The molecule has 0 aliphatic carbocycles. The highest BCUT2D eigenvalue weighted by Crippen LogP contribution is 2.24. The molecule has 0 radical (unpaired) electrons. The number of aromatic amines is 1. The maximum Gasteiger partial charge on any atom is 0.215 e. The van der Waals surface area contributed by atoms with Crippen LogP contribution < -0.4 is 5.43 Å². The lowest BCUT2D eigenvalue weighted by Crippen LogP contribution is -2.09. The quantitative estimate of drug-likeness (QED) is 0.727. The molecule has 0 spiro atoms. The highest BCUT2D eigenvalue weighted by atomic mass is 16.1. The lowest BCUT2D eigenvalue weighted by atomic mass is 9.95. The SMILES string of the molecule is Cc1cc2[nH]c3cnn(C)c3c(=O)c2cc1C(C)C. The van der Waals surface area contributed by atoms with Gasteiger partial charge in [0.05, 0.1) is 17.2 Å².